The molecule has 21 heavy (non-hydrogen) atoms. The minimum Gasteiger partial charge on any atom is -0.398 e. The predicted octanol–water partition coefficient (Wildman–Crippen LogP) is 2.69. The standard InChI is InChI=1S/C13H10Cl2N2O3S/c14-9-6-5-8(7-10(9)15)13(18)17-21(19,20)12-4-2-1-3-11(12)16/h1-7H,16H2,(H,17,18). The lowest BCUT2D eigenvalue weighted by atomic mass is 10.2. The zero-order chi connectivity index (χ0) is 15.6. The molecule has 0 unspecified atom stereocenters. The number of sulfonamides is 1. The van der Waals surface area contributed by atoms with Crippen LogP contribution in [0.4, 0.5) is 5.69 Å². The Morgan fingerprint density at radius 2 is 1.71 bits per heavy atom. The van der Waals surface area contributed by atoms with E-state index in [2.05, 4.69) is 0 Å². The molecular formula is C13H10Cl2N2O3S. The van der Waals surface area contributed by atoms with Gasteiger partial charge in [0.25, 0.3) is 15.9 Å². The van der Waals surface area contributed by atoms with Crippen molar-refractivity contribution < 1.29 is 13.2 Å². The van der Waals surface area contributed by atoms with E-state index in [0.29, 0.717) is 0 Å². The van der Waals surface area contributed by atoms with Crippen LogP contribution in [0.15, 0.2) is 47.4 Å². The number of para-hydroxylation sites is 1. The van der Waals surface area contributed by atoms with Crippen LogP contribution in [-0.4, -0.2) is 14.3 Å². The van der Waals surface area contributed by atoms with E-state index in [0.717, 1.165) is 0 Å². The zero-order valence-electron chi connectivity index (χ0n) is 10.5. The molecule has 0 spiro atoms. The molecule has 1 amide bonds. The van der Waals surface area contributed by atoms with Crippen molar-refractivity contribution in [3.05, 3.63) is 58.1 Å². The quantitative estimate of drug-likeness (QED) is 0.837. The number of amides is 1. The molecule has 8 heteroatoms. The number of halogens is 2. The van der Waals surface area contributed by atoms with Gasteiger partial charge in [-0.2, -0.15) is 0 Å². The number of carbonyl (C=O) groups is 1. The maximum Gasteiger partial charge on any atom is 0.266 e. The first-order valence-electron chi connectivity index (χ1n) is 5.68. The van der Waals surface area contributed by atoms with Gasteiger partial charge in [0.1, 0.15) is 4.90 Å². The van der Waals surface area contributed by atoms with Gasteiger partial charge in [0.2, 0.25) is 0 Å². The summed E-state index contributed by atoms with van der Waals surface area (Å²) in [4.78, 5) is 11.8. The molecule has 0 heterocycles. The second kappa shape index (κ2) is 5.93. The molecule has 5 nitrogen and oxygen atoms in total. The van der Waals surface area contributed by atoms with Crippen molar-refractivity contribution in [2.45, 2.75) is 4.90 Å². The molecule has 0 radical (unpaired) electrons. The third kappa shape index (κ3) is 3.47. The largest absolute Gasteiger partial charge is 0.398 e. The number of nitrogen functional groups attached to an aromatic ring is 1. The highest BCUT2D eigenvalue weighted by molar-refractivity contribution is 7.90. The Morgan fingerprint density at radius 1 is 1.05 bits per heavy atom. The smallest absolute Gasteiger partial charge is 0.266 e. The molecule has 0 aliphatic carbocycles. The number of hydrogen-bond acceptors (Lipinski definition) is 4. The van der Waals surface area contributed by atoms with E-state index in [-0.39, 0.29) is 26.2 Å². The summed E-state index contributed by atoms with van der Waals surface area (Å²) in [5.41, 5.74) is 5.72. The number of nitrogens with two attached hydrogens (primary N) is 1. The summed E-state index contributed by atoms with van der Waals surface area (Å²) in [6.07, 6.45) is 0. The summed E-state index contributed by atoms with van der Waals surface area (Å²) in [7, 11) is -4.06. The van der Waals surface area contributed by atoms with Crippen molar-refractivity contribution in [2.75, 3.05) is 5.73 Å². The van der Waals surface area contributed by atoms with E-state index in [9.17, 15) is 13.2 Å². The van der Waals surface area contributed by atoms with Crippen LogP contribution in [0.5, 0.6) is 0 Å². The summed E-state index contributed by atoms with van der Waals surface area (Å²) >= 11 is 11.5. The Kier molecular flexibility index (Phi) is 4.41. The fraction of sp³-hybridized carbons (Fsp3) is 0. The lowest BCUT2D eigenvalue weighted by Crippen LogP contribution is -2.31. The highest BCUT2D eigenvalue weighted by Crippen LogP contribution is 2.23. The van der Waals surface area contributed by atoms with Crippen LogP contribution in [-0.2, 0) is 10.0 Å². The van der Waals surface area contributed by atoms with Crippen LogP contribution in [0.2, 0.25) is 10.0 Å². The van der Waals surface area contributed by atoms with Gasteiger partial charge in [-0.1, -0.05) is 35.3 Å². The van der Waals surface area contributed by atoms with Gasteiger partial charge < -0.3 is 5.73 Å². The van der Waals surface area contributed by atoms with E-state index in [1.807, 2.05) is 4.72 Å². The number of rotatable bonds is 3. The average Bonchev–Trinajstić information content (AvgIpc) is 2.41. The van der Waals surface area contributed by atoms with Crippen molar-refractivity contribution >= 4 is 44.8 Å². The molecule has 0 saturated heterocycles. The van der Waals surface area contributed by atoms with E-state index in [1.165, 1.54) is 36.4 Å². The summed E-state index contributed by atoms with van der Waals surface area (Å²) in [5.74, 6) is -0.822. The summed E-state index contributed by atoms with van der Waals surface area (Å²) < 4.78 is 26.2. The zero-order valence-corrected chi connectivity index (χ0v) is 12.8. The van der Waals surface area contributed by atoms with Crippen molar-refractivity contribution in [2.24, 2.45) is 0 Å². The molecule has 3 N–H and O–H groups in total. The maximum absolute atomic E-state index is 12.1. The van der Waals surface area contributed by atoms with Gasteiger partial charge in [-0.15, -0.1) is 0 Å². The molecule has 0 aromatic heterocycles. The normalized spacial score (nSPS) is 11.1. The number of anilines is 1. The van der Waals surface area contributed by atoms with Gasteiger partial charge in [0.15, 0.2) is 0 Å². The highest BCUT2D eigenvalue weighted by Gasteiger charge is 2.21. The first-order valence-corrected chi connectivity index (χ1v) is 7.92. The molecule has 0 aliphatic heterocycles. The molecule has 2 aromatic rings. The van der Waals surface area contributed by atoms with Crippen LogP contribution >= 0.6 is 23.2 Å². The first kappa shape index (κ1) is 15.6. The van der Waals surface area contributed by atoms with Crippen molar-refractivity contribution in [3.63, 3.8) is 0 Å². The number of hydrogen-bond donors (Lipinski definition) is 2. The minimum absolute atomic E-state index is 0.0481. The van der Waals surface area contributed by atoms with Crippen LogP contribution in [0.3, 0.4) is 0 Å². The number of nitrogens with one attached hydrogen (secondary N) is 1. The Bertz CT molecular complexity index is 807. The molecule has 2 rings (SSSR count). The SMILES string of the molecule is Nc1ccccc1S(=O)(=O)NC(=O)c1ccc(Cl)c(Cl)c1. The second-order valence-corrected chi connectivity index (χ2v) is 6.57. The second-order valence-electron chi connectivity index (χ2n) is 4.10. The van der Waals surface area contributed by atoms with Gasteiger partial charge >= 0.3 is 0 Å². The summed E-state index contributed by atoms with van der Waals surface area (Å²) in [6.45, 7) is 0. The summed E-state index contributed by atoms with van der Waals surface area (Å²) in [6, 6.07) is 9.89. The number of carbonyl (C=O) groups excluding carboxylic acids is 1. The Labute approximate surface area is 131 Å². The Morgan fingerprint density at radius 3 is 2.33 bits per heavy atom. The van der Waals surface area contributed by atoms with Gasteiger partial charge in [-0.25, -0.2) is 13.1 Å². The topological polar surface area (TPSA) is 89.3 Å². The van der Waals surface area contributed by atoms with Crippen molar-refractivity contribution in [3.8, 4) is 0 Å². The van der Waals surface area contributed by atoms with Crippen LogP contribution in [0.25, 0.3) is 0 Å². The first-order chi connectivity index (χ1) is 9.81. The van der Waals surface area contributed by atoms with Crippen LogP contribution in [0, 0.1) is 0 Å². The molecule has 2 aromatic carbocycles. The molecule has 0 bridgehead atoms. The minimum atomic E-state index is -4.06. The summed E-state index contributed by atoms with van der Waals surface area (Å²) in [5, 5.41) is 0.421. The van der Waals surface area contributed by atoms with Crippen molar-refractivity contribution in [1.29, 1.82) is 0 Å². The third-order valence-corrected chi connectivity index (χ3v) is 4.76. The molecule has 0 saturated carbocycles. The molecule has 0 aliphatic rings. The lowest BCUT2D eigenvalue weighted by Gasteiger charge is -2.09. The average molecular weight is 345 g/mol. The predicted molar refractivity (Wildman–Crippen MR) is 82.0 cm³/mol. The monoisotopic (exact) mass is 344 g/mol. The van der Waals surface area contributed by atoms with E-state index in [4.69, 9.17) is 28.9 Å². The van der Waals surface area contributed by atoms with Gasteiger partial charge in [0.05, 0.1) is 15.7 Å². The molecule has 0 atom stereocenters. The highest BCUT2D eigenvalue weighted by atomic mass is 35.5. The van der Waals surface area contributed by atoms with Crippen LogP contribution in [0.1, 0.15) is 10.4 Å². The van der Waals surface area contributed by atoms with Gasteiger partial charge in [0, 0.05) is 5.56 Å². The van der Waals surface area contributed by atoms with E-state index >= 15 is 0 Å². The fourth-order valence-corrected chi connectivity index (χ4v) is 3.00. The lowest BCUT2D eigenvalue weighted by molar-refractivity contribution is 0.0981. The number of benzene rings is 2. The Hall–Kier alpha value is -1.76. The van der Waals surface area contributed by atoms with Crippen LogP contribution < -0.4 is 10.5 Å². The molecule has 110 valence electrons. The van der Waals surface area contributed by atoms with E-state index < -0.39 is 15.9 Å². The Balaban J connectivity index is 2.30. The fourth-order valence-electron chi connectivity index (χ4n) is 1.60. The molecule has 0 fully saturated rings. The van der Waals surface area contributed by atoms with E-state index in [1.54, 1.807) is 6.07 Å². The third-order valence-electron chi connectivity index (χ3n) is 2.62. The maximum atomic E-state index is 12.1. The molecular weight excluding hydrogens is 335 g/mol. The van der Waals surface area contributed by atoms with Gasteiger partial charge in [-0.05, 0) is 30.3 Å². The van der Waals surface area contributed by atoms with Crippen molar-refractivity contribution in [1.82, 2.24) is 4.72 Å². The van der Waals surface area contributed by atoms with Gasteiger partial charge in [-0.3, -0.25) is 4.79 Å².